The van der Waals surface area contributed by atoms with Gasteiger partial charge < -0.3 is 5.11 Å². The molecule has 0 unspecified atom stereocenters. The van der Waals surface area contributed by atoms with Crippen molar-refractivity contribution in [1.82, 2.24) is 14.8 Å². The van der Waals surface area contributed by atoms with Gasteiger partial charge in [-0.25, -0.2) is 9.67 Å². The number of thioether (sulfide) groups is 1. The SMILES string of the molecule is CCc1cc(SCC(=O)O)n(-c2cc(C)ccn2)n1. The number of aryl methyl sites for hydroxylation is 2. The molecule has 0 aliphatic heterocycles. The monoisotopic (exact) mass is 277 g/mol. The fourth-order valence-electron chi connectivity index (χ4n) is 1.62. The van der Waals surface area contributed by atoms with E-state index in [0.29, 0.717) is 5.82 Å². The highest BCUT2D eigenvalue weighted by atomic mass is 32.2. The Labute approximate surface area is 115 Å². The van der Waals surface area contributed by atoms with Gasteiger partial charge in [0.15, 0.2) is 5.82 Å². The van der Waals surface area contributed by atoms with Crippen molar-refractivity contribution in [2.45, 2.75) is 25.3 Å². The Morgan fingerprint density at radius 3 is 2.89 bits per heavy atom. The average Bonchev–Trinajstić information content (AvgIpc) is 2.79. The number of hydrogen-bond donors (Lipinski definition) is 1. The van der Waals surface area contributed by atoms with Gasteiger partial charge in [0, 0.05) is 6.20 Å². The summed E-state index contributed by atoms with van der Waals surface area (Å²) in [5.41, 5.74) is 2.02. The second kappa shape index (κ2) is 5.88. The van der Waals surface area contributed by atoms with Gasteiger partial charge in [0.25, 0.3) is 0 Å². The quantitative estimate of drug-likeness (QED) is 0.849. The van der Waals surface area contributed by atoms with Gasteiger partial charge in [-0.1, -0.05) is 18.7 Å². The maximum Gasteiger partial charge on any atom is 0.313 e. The number of carboxylic acids is 1. The number of nitrogens with zero attached hydrogens (tertiary/aromatic N) is 3. The third-order valence-corrected chi connectivity index (χ3v) is 3.53. The third kappa shape index (κ3) is 3.35. The van der Waals surface area contributed by atoms with Gasteiger partial charge >= 0.3 is 5.97 Å². The molecule has 0 aliphatic rings. The molecule has 100 valence electrons. The van der Waals surface area contributed by atoms with Crippen LogP contribution in [-0.4, -0.2) is 31.6 Å². The summed E-state index contributed by atoms with van der Waals surface area (Å²) in [4.78, 5) is 15.0. The highest BCUT2D eigenvalue weighted by Gasteiger charge is 2.12. The summed E-state index contributed by atoms with van der Waals surface area (Å²) in [6.07, 6.45) is 2.53. The van der Waals surface area contributed by atoms with Crippen molar-refractivity contribution in [3.8, 4) is 5.82 Å². The standard InChI is InChI=1S/C13H15N3O2S/c1-3-10-7-12(19-8-13(17)18)16(15-10)11-6-9(2)4-5-14-11/h4-7H,3,8H2,1-2H3,(H,17,18). The zero-order valence-electron chi connectivity index (χ0n) is 10.8. The van der Waals surface area contributed by atoms with E-state index < -0.39 is 5.97 Å². The fraction of sp³-hybridized carbons (Fsp3) is 0.308. The van der Waals surface area contributed by atoms with Crippen LogP contribution in [0.1, 0.15) is 18.2 Å². The molecule has 0 amide bonds. The molecule has 2 aromatic heterocycles. The zero-order valence-corrected chi connectivity index (χ0v) is 11.6. The lowest BCUT2D eigenvalue weighted by molar-refractivity contribution is -0.133. The van der Waals surface area contributed by atoms with E-state index in [1.165, 1.54) is 11.8 Å². The Hall–Kier alpha value is -1.82. The molecule has 0 aromatic carbocycles. The van der Waals surface area contributed by atoms with Gasteiger partial charge in [-0.3, -0.25) is 4.79 Å². The van der Waals surface area contributed by atoms with E-state index in [1.807, 2.05) is 32.0 Å². The Morgan fingerprint density at radius 1 is 1.47 bits per heavy atom. The second-order valence-electron chi connectivity index (χ2n) is 4.11. The molecular weight excluding hydrogens is 262 g/mol. The fourth-order valence-corrected chi connectivity index (χ4v) is 2.37. The molecule has 2 heterocycles. The van der Waals surface area contributed by atoms with Crippen LogP contribution in [0.25, 0.3) is 5.82 Å². The molecule has 6 heteroatoms. The highest BCUT2D eigenvalue weighted by molar-refractivity contribution is 7.99. The molecule has 0 bridgehead atoms. The molecule has 2 aromatic rings. The number of rotatable bonds is 5. The molecule has 0 aliphatic carbocycles. The first-order valence-corrected chi connectivity index (χ1v) is 6.95. The summed E-state index contributed by atoms with van der Waals surface area (Å²) in [5, 5.41) is 14.0. The van der Waals surface area contributed by atoms with Crippen LogP contribution in [0, 0.1) is 6.92 Å². The first-order chi connectivity index (χ1) is 9.10. The van der Waals surface area contributed by atoms with Crippen LogP contribution in [-0.2, 0) is 11.2 Å². The van der Waals surface area contributed by atoms with Crippen molar-refractivity contribution >= 4 is 17.7 Å². The molecule has 0 radical (unpaired) electrons. The maximum absolute atomic E-state index is 10.7. The summed E-state index contributed by atoms with van der Waals surface area (Å²) >= 11 is 1.25. The van der Waals surface area contributed by atoms with Gasteiger partial charge in [0.1, 0.15) is 5.03 Å². The minimum atomic E-state index is -0.840. The largest absolute Gasteiger partial charge is 0.481 e. The first-order valence-electron chi connectivity index (χ1n) is 5.96. The third-order valence-electron chi connectivity index (χ3n) is 2.55. The van der Waals surface area contributed by atoms with Crippen molar-refractivity contribution in [3.63, 3.8) is 0 Å². The summed E-state index contributed by atoms with van der Waals surface area (Å²) in [5.74, 6) is -0.110. The zero-order chi connectivity index (χ0) is 13.8. The van der Waals surface area contributed by atoms with Crippen molar-refractivity contribution in [3.05, 3.63) is 35.7 Å². The van der Waals surface area contributed by atoms with Gasteiger partial charge in [-0.2, -0.15) is 5.10 Å². The van der Waals surface area contributed by atoms with E-state index in [2.05, 4.69) is 10.1 Å². The Bertz CT molecular complexity index is 595. The number of aliphatic carboxylic acids is 1. The van der Waals surface area contributed by atoms with Crippen LogP contribution in [0.4, 0.5) is 0 Å². The van der Waals surface area contributed by atoms with E-state index in [1.54, 1.807) is 10.9 Å². The predicted octanol–water partition coefficient (Wildman–Crippen LogP) is 2.31. The summed E-state index contributed by atoms with van der Waals surface area (Å²) in [6, 6.07) is 5.76. The van der Waals surface area contributed by atoms with Crippen LogP contribution in [0.15, 0.2) is 29.4 Å². The molecule has 0 saturated carbocycles. The van der Waals surface area contributed by atoms with Crippen LogP contribution in [0.2, 0.25) is 0 Å². The molecule has 0 fully saturated rings. The van der Waals surface area contributed by atoms with Crippen molar-refractivity contribution in [2.75, 3.05) is 5.75 Å². The van der Waals surface area contributed by atoms with Gasteiger partial charge in [0.05, 0.1) is 11.4 Å². The summed E-state index contributed by atoms with van der Waals surface area (Å²) in [7, 11) is 0. The smallest absolute Gasteiger partial charge is 0.313 e. The van der Waals surface area contributed by atoms with E-state index in [-0.39, 0.29) is 5.75 Å². The van der Waals surface area contributed by atoms with Crippen molar-refractivity contribution in [2.24, 2.45) is 0 Å². The van der Waals surface area contributed by atoms with Gasteiger partial charge in [0.2, 0.25) is 0 Å². The minimum absolute atomic E-state index is 0.0145. The van der Waals surface area contributed by atoms with Crippen LogP contribution in [0.5, 0.6) is 0 Å². The molecule has 0 spiro atoms. The van der Waals surface area contributed by atoms with Crippen LogP contribution >= 0.6 is 11.8 Å². The lowest BCUT2D eigenvalue weighted by atomic mass is 10.3. The predicted molar refractivity (Wildman–Crippen MR) is 73.8 cm³/mol. The second-order valence-corrected chi connectivity index (χ2v) is 5.11. The van der Waals surface area contributed by atoms with Gasteiger partial charge in [-0.15, -0.1) is 0 Å². The lowest BCUT2D eigenvalue weighted by Gasteiger charge is -2.05. The number of hydrogen-bond acceptors (Lipinski definition) is 4. The topological polar surface area (TPSA) is 68.0 Å². The molecule has 19 heavy (non-hydrogen) atoms. The van der Waals surface area contributed by atoms with E-state index in [0.717, 1.165) is 22.7 Å². The lowest BCUT2D eigenvalue weighted by Crippen LogP contribution is -2.04. The van der Waals surface area contributed by atoms with E-state index in [4.69, 9.17) is 5.11 Å². The Balaban J connectivity index is 2.37. The maximum atomic E-state index is 10.7. The summed E-state index contributed by atoms with van der Waals surface area (Å²) < 4.78 is 1.71. The Morgan fingerprint density at radius 2 is 2.26 bits per heavy atom. The number of pyridine rings is 1. The van der Waals surface area contributed by atoms with Crippen molar-refractivity contribution in [1.29, 1.82) is 0 Å². The summed E-state index contributed by atoms with van der Waals surface area (Å²) in [6.45, 7) is 4.00. The normalized spacial score (nSPS) is 10.6. The van der Waals surface area contributed by atoms with Gasteiger partial charge in [-0.05, 0) is 37.1 Å². The molecular formula is C13H15N3O2S. The highest BCUT2D eigenvalue weighted by Crippen LogP contribution is 2.22. The molecule has 0 saturated heterocycles. The van der Waals surface area contributed by atoms with E-state index in [9.17, 15) is 4.79 Å². The average molecular weight is 277 g/mol. The van der Waals surface area contributed by atoms with Crippen LogP contribution < -0.4 is 0 Å². The van der Waals surface area contributed by atoms with Crippen molar-refractivity contribution < 1.29 is 9.90 Å². The molecule has 1 N–H and O–H groups in total. The van der Waals surface area contributed by atoms with E-state index >= 15 is 0 Å². The number of carboxylic acid groups (broad SMARTS) is 1. The molecule has 5 nitrogen and oxygen atoms in total. The number of aromatic nitrogens is 3. The Kier molecular flexibility index (Phi) is 4.21. The first kappa shape index (κ1) is 13.6. The van der Waals surface area contributed by atoms with Crippen LogP contribution in [0.3, 0.4) is 0 Å². The minimum Gasteiger partial charge on any atom is -0.481 e. The molecule has 2 rings (SSSR count). The molecule has 0 atom stereocenters. The number of carbonyl (C=O) groups is 1.